The lowest BCUT2D eigenvalue weighted by Gasteiger charge is -2.12. The monoisotopic (exact) mass is 388 g/mol. The zero-order chi connectivity index (χ0) is 20.4. The van der Waals surface area contributed by atoms with Gasteiger partial charge in [0.2, 0.25) is 0 Å². The predicted octanol–water partition coefficient (Wildman–Crippen LogP) is 4.34. The van der Waals surface area contributed by atoms with Crippen LogP contribution in [0.2, 0.25) is 0 Å². The summed E-state index contributed by atoms with van der Waals surface area (Å²) in [5, 5.41) is 13.8. The fourth-order valence-electron chi connectivity index (χ4n) is 3.02. The third-order valence-corrected chi connectivity index (χ3v) is 4.34. The third kappa shape index (κ3) is 3.55. The Morgan fingerprint density at radius 1 is 1.03 bits per heavy atom. The molecule has 4 rings (SSSR count). The van der Waals surface area contributed by atoms with E-state index in [4.69, 9.17) is 4.74 Å². The molecule has 0 aliphatic rings. The standard InChI is InChI=1S/C21H16N4O4/c1-2-29-19-12-13(25(27)28)10-11-17(19)24-21(26)14-6-5-9-18-20(14)23-16-8-4-3-7-15(16)22-18/h3-12H,2H2,1H3,(H,24,26). The average molecular weight is 388 g/mol. The second-order valence-electron chi connectivity index (χ2n) is 6.21. The lowest BCUT2D eigenvalue weighted by Crippen LogP contribution is -2.14. The van der Waals surface area contributed by atoms with Gasteiger partial charge in [-0.05, 0) is 37.3 Å². The fraction of sp³-hybridized carbons (Fsp3) is 0.0952. The van der Waals surface area contributed by atoms with Crippen LogP contribution in [-0.4, -0.2) is 27.4 Å². The normalized spacial score (nSPS) is 10.8. The minimum atomic E-state index is -0.514. The summed E-state index contributed by atoms with van der Waals surface area (Å²) in [6.07, 6.45) is 0. The zero-order valence-corrected chi connectivity index (χ0v) is 15.5. The maximum Gasteiger partial charge on any atom is 0.273 e. The number of nitro benzene ring substituents is 1. The van der Waals surface area contributed by atoms with E-state index in [-0.39, 0.29) is 11.4 Å². The van der Waals surface area contributed by atoms with Crippen molar-refractivity contribution in [1.82, 2.24) is 9.97 Å². The molecule has 1 N–H and O–H groups in total. The largest absolute Gasteiger partial charge is 0.491 e. The van der Waals surface area contributed by atoms with E-state index < -0.39 is 10.8 Å². The van der Waals surface area contributed by atoms with Crippen LogP contribution in [0, 0.1) is 10.1 Å². The third-order valence-electron chi connectivity index (χ3n) is 4.34. The number of benzene rings is 3. The highest BCUT2D eigenvalue weighted by Crippen LogP contribution is 2.30. The van der Waals surface area contributed by atoms with Crippen LogP contribution < -0.4 is 10.1 Å². The van der Waals surface area contributed by atoms with Crippen LogP contribution in [0.15, 0.2) is 60.7 Å². The molecule has 0 fully saturated rings. The number of ether oxygens (including phenoxy) is 1. The summed E-state index contributed by atoms with van der Waals surface area (Å²) in [5.41, 5.74) is 3.08. The molecule has 0 aliphatic carbocycles. The number of fused-ring (bicyclic) bond motifs is 2. The van der Waals surface area contributed by atoms with Crippen LogP contribution in [0.1, 0.15) is 17.3 Å². The fourth-order valence-corrected chi connectivity index (χ4v) is 3.02. The molecule has 0 spiro atoms. The maximum atomic E-state index is 13.0. The number of amides is 1. The quantitative estimate of drug-likeness (QED) is 0.309. The average Bonchev–Trinajstić information content (AvgIpc) is 2.73. The maximum absolute atomic E-state index is 13.0. The van der Waals surface area contributed by atoms with Crippen molar-refractivity contribution >= 4 is 39.3 Å². The van der Waals surface area contributed by atoms with Crippen LogP contribution in [0.3, 0.4) is 0 Å². The smallest absolute Gasteiger partial charge is 0.273 e. The van der Waals surface area contributed by atoms with Crippen molar-refractivity contribution in [3.8, 4) is 5.75 Å². The number of nitrogens with zero attached hydrogens (tertiary/aromatic N) is 3. The van der Waals surface area contributed by atoms with Crippen molar-refractivity contribution in [3.05, 3.63) is 76.3 Å². The van der Waals surface area contributed by atoms with Crippen molar-refractivity contribution in [3.63, 3.8) is 0 Å². The number of carbonyl (C=O) groups is 1. The van der Waals surface area contributed by atoms with Crippen molar-refractivity contribution in [2.45, 2.75) is 6.92 Å². The zero-order valence-electron chi connectivity index (χ0n) is 15.5. The molecule has 8 nitrogen and oxygen atoms in total. The SMILES string of the molecule is CCOc1cc([N+](=O)[O-])ccc1NC(=O)c1cccc2nc3ccccc3nc12. The van der Waals surface area contributed by atoms with Crippen LogP contribution in [0.4, 0.5) is 11.4 Å². The lowest BCUT2D eigenvalue weighted by atomic mass is 10.1. The minimum absolute atomic E-state index is 0.117. The van der Waals surface area contributed by atoms with E-state index >= 15 is 0 Å². The van der Waals surface area contributed by atoms with Gasteiger partial charge >= 0.3 is 0 Å². The molecule has 1 aromatic heterocycles. The van der Waals surface area contributed by atoms with Crippen molar-refractivity contribution < 1.29 is 14.5 Å². The summed E-state index contributed by atoms with van der Waals surface area (Å²) in [5.74, 6) is -0.179. The number of para-hydroxylation sites is 3. The highest BCUT2D eigenvalue weighted by molar-refractivity contribution is 6.12. The van der Waals surface area contributed by atoms with E-state index in [1.165, 1.54) is 18.2 Å². The number of aromatic nitrogens is 2. The van der Waals surface area contributed by atoms with Gasteiger partial charge in [-0.2, -0.15) is 0 Å². The molecule has 0 bridgehead atoms. The number of nitrogens with one attached hydrogen (secondary N) is 1. The number of hydrogen-bond donors (Lipinski definition) is 1. The van der Waals surface area contributed by atoms with Crippen molar-refractivity contribution in [2.24, 2.45) is 0 Å². The van der Waals surface area contributed by atoms with E-state index in [2.05, 4.69) is 15.3 Å². The van der Waals surface area contributed by atoms with Crippen LogP contribution in [0.5, 0.6) is 5.75 Å². The predicted molar refractivity (Wildman–Crippen MR) is 109 cm³/mol. The number of non-ortho nitro benzene ring substituents is 1. The number of rotatable bonds is 5. The first kappa shape index (κ1) is 18.3. The first-order valence-electron chi connectivity index (χ1n) is 8.95. The number of nitro groups is 1. The van der Waals surface area contributed by atoms with Gasteiger partial charge in [0.1, 0.15) is 11.3 Å². The first-order chi connectivity index (χ1) is 14.1. The van der Waals surface area contributed by atoms with Crippen molar-refractivity contribution in [2.75, 3.05) is 11.9 Å². The summed E-state index contributed by atoms with van der Waals surface area (Å²) in [6, 6.07) is 16.7. The number of anilines is 1. The Morgan fingerprint density at radius 2 is 1.76 bits per heavy atom. The summed E-state index contributed by atoms with van der Waals surface area (Å²) >= 11 is 0. The molecule has 29 heavy (non-hydrogen) atoms. The van der Waals surface area contributed by atoms with E-state index in [9.17, 15) is 14.9 Å². The molecule has 0 saturated heterocycles. The molecule has 3 aromatic carbocycles. The van der Waals surface area contributed by atoms with Crippen molar-refractivity contribution in [1.29, 1.82) is 0 Å². The first-order valence-corrected chi connectivity index (χ1v) is 8.95. The van der Waals surface area contributed by atoms with Gasteiger partial charge in [0.15, 0.2) is 0 Å². The van der Waals surface area contributed by atoms with E-state index in [0.29, 0.717) is 34.4 Å². The van der Waals surface area contributed by atoms with Crippen LogP contribution in [0.25, 0.3) is 22.1 Å². The highest BCUT2D eigenvalue weighted by atomic mass is 16.6. The van der Waals surface area contributed by atoms with Gasteiger partial charge in [0.05, 0.1) is 45.4 Å². The second-order valence-corrected chi connectivity index (χ2v) is 6.21. The summed E-state index contributed by atoms with van der Waals surface area (Å²) in [4.78, 5) is 32.6. The van der Waals surface area contributed by atoms with Gasteiger partial charge in [-0.3, -0.25) is 14.9 Å². The highest BCUT2D eigenvalue weighted by Gasteiger charge is 2.17. The summed E-state index contributed by atoms with van der Waals surface area (Å²) < 4.78 is 5.46. The second kappa shape index (κ2) is 7.51. The Balaban J connectivity index is 1.74. The van der Waals surface area contributed by atoms with Gasteiger partial charge in [-0.1, -0.05) is 18.2 Å². The molecule has 0 unspecified atom stereocenters. The van der Waals surface area contributed by atoms with E-state index in [1.807, 2.05) is 24.3 Å². The Labute approximate surface area is 165 Å². The minimum Gasteiger partial charge on any atom is -0.491 e. The van der Waals surface area contributed by atoms with Gasteiger partial charge < -0.3 is 10.1 Å². The Kier molecular flexibility index (Phi) is 4.74. The lowest BCUT2D eigenvalue weighted by molar-refractivity contribution is -0.384. The number of hydrogen-bond acceptors (Lipinski definition) is 6. The van der Waals surface area contributed by atoms with E-state index in [1.54, 1.807) is 25.1 Å². The Hall–Kier alpha value is -4.07. The molecule has 1 heterocycles. The molecular weight excluding hydrogens is 372 g/mol. The van der Waals surface area contributed by atoms with Gasteiger partial charge in [-0.15, -0.1) is 0 Å². The van der Waals surface area contributed by atoms with Crippen LogP contribution >= 0.6 is 0 Å². The van der Waals surface area contributed by atoms with Gasteiger partial charge in [0, 0.05) is 6.07 Å². The molecule has 1 amide bonds. The van der Waals surface area contributed by atoms with Crippen LogP contribution in [-0.2, 0) is 0 Å². The van der Waals surface area contributed by atoms with E-state index in [0.717, 1.165) is 5.52 Å². The molecule has 8 heteroatoms. The molecule has 0 atom stereocenters. The molecule has 144 valence electrons. The summed E-state index contributed by atoms with van der Waals surface area (Å²) in [6.45, 7) is 2.06. The van der Waals surface area contributed by atoms with Gasteiger partial charge in [-0.25, -0.2) is 9.97 Å². The molecule has 0 radical (unpaired) electrons. The Morgan fingerprint density at radius 3 is 2.48 bits per heavy atom. The molecule has 0 aliphatic heterocycles. The Bertz CT molecular complexity index is 1260. The number of carbonyl (C=O) groups excluding carboxylic acids is 1. The molecular formula is C21H16N4O4. The summed E-state index contributed by atoms with van der Waals surface area (Å²) in [7, 11) is 0. The van der Waals surface area contributed by atoms with Gasteiger partial charge in [0.25, 0.3) is 11.6 Å². The molecule has 0 saturated carbocycles. The topological polar surface area (TPSA) is 107 Å². The molecule has 4 aromatic rings.